The topological polar surface area (TPSA) is 67.4 Å². The van der Waals surface area contributed by atoms with Gasteiger partial charge in [-0.1, -0.05) is 44.5 Å². The molecule has 2 N–H and O–H groups in total. The van der Waals surface area contributed by atoms with Crippen molar-refractivity contribution in [1.29, 1.82) is 0 Å². The second-order valence-corrected chi connectivity index (χ2v) is 9.04. The molecule has 0 aliphatic carbocycles. The Morgan fingerprint density at radius 2 is 1.47 bits per heavy atom. The van der Waals surface area contributed by atoms with Crippen molar-refractivity contribution in [2.24, 2.45) is 0 Å². The molecule has 3 rings (SSSR count). The molecule has 0 aromatic heterocycles. The summed E-state index contributed by atoms with van der Waals surface area (Å²) in [7, 11) is 0. The van der Waals surface area contributed by atoms with E-state index in [0.29, 0.717) is 27.7 Å². The predicted octanol–water partition coefficient (Wildman–Crippen LogP) is 6.22. The van der Waals surface area contributed by atoms with Crippen molar-refractivity contribution in [1.82, 2.24) is 0 Å². The molecule has 6 heteroatoms. The second kappa shape index (κ2) is 9.88. The largest absolute Gasteiger partial charge is 0.483 e. The van der Waals surface area contributed by atoms with Gasteiger partial charge < -0.3 is 15.4 Å². The molecule has 0 aliphatic rings. The van der Waals surface area contributed by atoms with E-state index in [9.17, 15) is 9.59 Å². The van der Waals surface area contributed by atoms with Gasteiger partial charge in [0.2, 0.25) is 0 Å². The third kappa shape index (κ3) is 6.34. The van der Waals surface area contributed by atoms with Crippen LogP contribution in [0, 0.1) is 6.92 Å². The lowest BCUT2D eigenvalue weighted by atomic mass is 9.87. The Hall–Kier alpha value is -3.31. The van der Waals surface area contributed by atoms with Crippen LogP contribution in [0.15, 0.2) is 66.7 Å². The molecule has 166 valence electrons. The fourth-order valence-electron chi connectivity index (χ4n) is 3.08. The summed E-state index contributed by atoms with van der Waals surface area (Å²) in [5, 5.41) is 6.26. The fraction of sp³-hybridized carbons (Fsp3) is 0.231. The van der Waals surface area contributed by atoms with Crippen molar-refractivity contribution in [2.75, 3.05) is 17.2 Å². The maximum Gasteiger partial charge on any atom is 0.262 e. The monoisotopic (exact) mass is 450 g/mol. The highest BCUT2D eigenvalue weighted by Gasteiger charge is 2.14. The minimum atomic E-state index is -0.282. The van der Waals surface area contributed by atoms with Gasteiger partial charge in [-0.2, -0.15) is 0 Å². The number of amides is 2. The molecule has 32 heavy (non-hydrogen) atoms. The minimum Gasteiger partial charge on any atom is -0.483 e. The van der Waals surface area contributed by atoms with E-state index >= 15 is 0 Å². The molecule has 2 amide bonds. The molecule has 0 bridgehead atoms. The van der Waals surface area contributed by atoms with Crippen LogP contribution in [0.4, 0.5) is 11.4 Å². The number of hydrogen-bond acceptors (Lipinski definition) is 3. The number of carbonyl (C=O) groups is 2. The Morgan fingerprint density at radius 1 is 0.875 bits per heavy atom. The van der Waals surface area contributed by atoms with Gasteiger partial charge in [-0.25, -0.2) is 0 Å². The SMILES string of the molecule is Cc1cc(Cl)ccc1OCC(=O)Nc1ccc(NC(=O)c2ccc(C(C)(C)C)cc2)cc1. The van der Waals surface area contributed by atoms with Crippen LogP contribution in [0.25, 0.3) is 0 Å². The van der Waals surface area contributed by atoms with Crippen LogP contribution in [0.2, 0.25) is 5.02 Å². The summed E-state index contributed by atoms with van der Waals surface area (Å²) in [5.74, 6) is 0.141. The summed E-state index contributed by atoms with van der Waals surface area (Å²) in [6, 6.07) is 19.8. The van der Waals surface area contributed by atoms with Crippen LogP contribution in [-0.4, -0.2) is 18.4 Å². The molecular formula is C26H27ClN2O3. The lowest BCUT2D eigenvalue weighted by Gasteiger charge is -2.19. The van der Waals surface area contributed by atoms with Crippen molar-refractivity contribution < 1.29 is 14.3 Å². The molecule has 3 aromatic rings. The third-order valence-electron chi connectivity index (χ3n) is 4.94. The van der Waals surface area contributed by atoms with E-state index in [-0.39, 0.29) is 23.8 Å². The minimum absolute atomic E-state index is 0.0357. The van der Waals surface area contributed by atoms with Crippen molar-refractivity contribution in [2.45, 2.75) is 33.1 Å². The number of nitrogens with one attached hydrogen (secondary N) is 2. The van der Waals surface area contributed by atoms with Gasteiger partial charge in [-0.15, -0.1) is 0 Å². The summed E-state index contributed by atoms with van der Waals surface area (Å²) in [5.41, 5.74) is 3.90. The van der Waals surface area contributed by atoms with Gasteiger partial charge in [-0.3, -0.25) is 9.59 Å². The van der Waals surface area contributed by atoms with Gasteiger partial charge in [0.05, 0.1) is 0 Å². The van der Waals surface area contributed by atoms with Crippen LogP contribution in [-0.2, 0) is 10.2 Å². The maximum absolute atomic E-state index is 12.5. The van der Waals surface area contributed by atoms with E-state index in [1.54, 1.807) is 42.5 Å². The number of hydrogen-bond donors (Lipinski definition) is 2. The molecular weight excluding hydrogens is 424 g/mol. The highest BCUT2D eigenvalue weighted by molar-refractivity contribution is 6.30. The average Bonchev–Trinajstić information content (AvgIpc) is 2.74. The average molecular weight is 451 g/mol. The van der Waals surface area contributed by atoms with Crippen LogP contribution in [0.5, 0.6) is 5.75 Å². The Kier molecular flexibility index (Phi) is 7.21. The van der Waals surface area contributed by atoms with E-state index in [1.165, 1.54) is 5.56 Å². The van der Waals surface area contributed by atoms with Gasteiger partial charge in [0.25, 0.3) is 11.8 Å². The van der Waals surface area contributed by atoms with Crippen LogP contribution in [0.1, 0.15) is 42.3 Å². The molecule has 0 radical (unpaired) electrons. The smallest absolute Gasteiger partial charge is 0.262 e. The van der Waals surface area contributed by atoms with Gasteiger partial charge in [0, 0.05) is 22.0 Å². The van der Waals surface area contributed by atoms with Gasteiger partial charge in [0.1, 0.15) is 5.75 Å². The van der Waals surface area contributed by atoms with E-state index in [4.69, 9.17) is 16.3 Å². The van der Waals surface area contributed by atoms with Crippen molar-refractivity contribution in [3.63, 3.8) is 0 Å². The van der Waals surface area contributed by atoms with Gasteiger partial charge >= 0.3 is 0 Å². The van der Waals surface area contributed by atoms with Crippen molar-refractivity contribution in [3.05, 3.63) is 88.4 Å². The molecule has 0 unspecified atom stereocenters. The molecule has 0 saturated carbocycles. The van der Waals surface area contributed by atoms with Gasteiger partial charge in [-0.05, 0) is 78.1 Å². The lowest BCUT2D eigenvalue weighted by Crippen LogP contribution is -2.20. The van der Waals surface area contributed by atoms with E-state index in [1.807, 2.05) is 31.2 Å². The number of halogens is 1. The first-order chi connectivity index (χ1) is 15.1. The molecule has 0 atom stereocenters. The zero-order chi connectivity index (χ0) is 23.3. The number of aryl methyl sites for hydroxylation is 1. The summed E-state index contributed by atoms with van der Waals surface area (Å²) in [4.78, 5) is 24.7. The molecule has 0 aliphatic heterocycles. The van der Waals surface area contributed by atoms with E-state index < -0.39 is 0 Å². The van der Waals surface area contributed by atoms with Crippen LogP contribution in [0.3, 0.4) is 0 Å². The quantitative estimate of drug-likeness (QED) is 0.468. The van der Waals surface area contributed by atoms with Crippen LogP contribution < -0.4 is 15.4 Å². The number of rotatable bonds is 6. The number of carbonyl (C=O) groups excluding carboxylic acids is 2. The molecule has 0 spiro atoms. The summed E-state index contributed by atoms with van der Waals surface area (Å²) >= 11 is 5.93. The Balaban J connectivity index is 1.53. The van der Waals surface area contributed by atoms with E-state index in [0.717, 1.165) is 5.56 Å². The lowest BCUT2D eigenvalue weighted by molar-refractivity contribution is -0.118. The van der Waals surface area contributed by atoms with Crippen LogP contribution >= 0.6 is 11.6 Å². The standard InChI is InChI=1S/C26H27ClN2O3/c1-17-15-20(27)9-14-23(17)32-16-24(30)28-21-10-12-22(13-11-21)29-25(31)18-5-7-19(8-6-18)26(2,3)4/h5-15H,16H2,1-4H3,(H,28,30)(H,29,31). The molecule has 0 fully saturated rings. The predicted molar refractivity (Wildman–Crippen MR) is 130 cm³/mol. The van der Waals surface area contributed by atoms with Crippen molar-refractivity contribution in [3.8, 4) is 5.75 Å². The molecule has 0 saturated heterocycles. The number of benzene rings is 3. The number of ether oxygens (including phenoxy) is 1. The summed E-state index contributed by atoms with van der Waals surface area (Å²) in [6.07, 6.45) is 0. The first kappa shape index (κ1) is 23.4. The summed E-state index contributed by atoms with van der Waals surface area (Å²) < 4.78 is 5.55. The van der Waals surface area contributed by atoms with Gasteiger partial charge in [0.15, 0.2) is 6.61 Å². The molecule has 3 aromatic carbocycles. The Labute approximate surface area is 193 Å². The highest BCUT2D eigenvalue weighted by atomic mass is 35.5. The Bertz CT molecular complexity index is 1100. The first-order valence-electron chi connectivity index (χ1n) is 10.3. The maximum atomic E-state index is 12.5. The summed E-state index contributed by atoms with van der Waals surface area (Å²) in [6.45, 7) is 8.14. The third-order valence-corrected chi connectivity index (χ3v) is 5.17. The van der Waals surface area contributed by atoms with E-state index in [2.05, 4.69) is 31.4 Å². The highest BCUT2D eigenvalue weighted by Crippen LogP contribution is 2.23. The molecule has 0 heterocycles. The number of anilines is 2. The zero-order valence-corrected chi connectivity index (χ0v) is 19.4. The fourth-order valence-corrected chi connectivity index (χ4v) is 3.30. The first-order valence-corrected chi connectivity index (χ1v) is 10.7. The second-order valence-electron chi connectivity index (χ2n) is 8.61. The normalized spacial score (nSPS) is 11.0. The molecule has 5 nitrogen and oxygen atoms in total. The van der Waals surface area contributed by atoms with Crippen molar-refractivity contribution >= 4 is 34.8 Å². The zero-order valence-electron chi connectivity index (χ0n) is 18.7. The Morgan fingerprint density at radius 3 is 2.03 bits per heavy atom.